The summed E-state index contributed by atoms with van der Waals surface area (Å²) in [4.78, 5) is 12.8. The maximum absolute atomic E-state index is 14.5. The highest BCUT2D eigenvalue weighted by molar-refractivity contribution is 6.33. The molecule has 1 aliphatic rings. The highest BCUT2D eigenvalue weighted by atomic mass is 35.5. The standard InChI is InChI=1S/C21H18ClF4N3O4/c1-11(30)7-29-19(21(24,25)26)14(6-27-29)17-5-12(18-15(22)3-2-4-16(18)23)8-28(17)20(31)33-13-9-32-10-13/h2-6,8,11,13,30H,7,9-10H2,1H3/t11-/m1/s1. The van der Waals surface area contributed by atoms with Gasteiger partial charge in [-0.3, -0.25) is 9.25 Å². The molecule has 176 valence electrons. The lowest BCUT2D eigenvalue weighted by Crippen LogP contribution is -2.38. The molecule has 0 bridgehead atoms. The molecule has 33 heavy (non-hydrogen) atoms. The van der Waals surface area contributed by atoms with Crippen molar-refractivity contribution in [1.29, 1.82) is 0 Å². The second-order valence-electron chi connectivity index (χ2n) is 7.56. The minimum absolute atomic E-state index is 0.0142. The van der Waals surface area contributed by atoms with Crippen LogP contribution >= 0.6 is 11.6 Å². The van der Waals surface area contributed by atoms with Gasteiger partial charge >= 0.3 is 12.3 Å². The molecule has 7 nitrogen and oxygen atoms in total. The number of halogens is 5. The van der Waals surface area contributed by atoms with Crippen LogP contribution in [0.15, 0.2) is 36.7 Å². The monoisotopic (exact) mass is 487 g/mol. The number of ether oxygens (including phenoxy) is 2. The van der Waals surface area contributed by atoms with E-state index in [2.05, 4.69) is 5.10 Å². The molecule has 1 N–H and O–H groups in total. The Labute approximate surface area is 190 Å². The van der Waals surface area contributed by atoms with Crippen molar-refractivity contribution in [2.75, 3.05) is 13.2 Å². The Morgan fingerprint density at radius 2 is 2.12 bits per heavy atom. The first-order valence-corrected chi connectivity index (χ1v) is 10.2. The van der Waals surface area contributed by atoms with Gasteiger partial charge in [-0.05, 0) is 25.1 Å². The van der Waals surface area contributed by atoms with Crippen molar-refractivity contribution < 1.29 is 36.9 Å². The van der Waals surface area contributed by atoms with E-state index in [4.69, 9.17) is 21.1 Å². The molecule has 1 aromatic carbocycles. The lowest BCUT2D eigenvalue weighted by molar-refractivity contribution is -0.144. The predicted octanol–water partition coefficient (Wildman–Crippen LogP) is 4.59. The number of hydrogen-bond acceptors (Lipinski definition) is 5. The van der Waals surface area contributed by atoms with E-state index in [1.54, 1.807) is 0 Å². The number of benzene rings is 1. The summed E-state index contributed by atoms with van der Waals surface area (Å²) in [5.74, 6) is -0.715. The molecule has 0 radical (unpaired) electrons. The minimum atomic E-state index is -4.86. The van der Waals surface area contributed by atoms with Gasteiger partial charge < -0.3 is 14.6 Å². The van der Waals surface area contributed by atoms with Gasteiger partial charge in [0.05, 0.1) is 42.8 Å². The third-order valence-corrected chi connectivity index (χ3v) is 5.28. The molecule has 0 saturated carbocycles. The highest BCUT2D eigenvalue weighted by Crippen LogP contribution is 2.40. The molecule has 0 unspecified atom stereocenters. The van der Waals surface area contributed by atoms with E-state index in [1.165, 1.54) is 25.1 Å². The summed E-state index contributed by atoms with van der Waals surface area (Å²) in [5.41, 5.74) is -1.84. The fourth-order valence-electron chi connectivity index (χ4n) is 3.47. The van der Waals surface area contributed by atoms with Crippen LogP contribution in [0, 0.1) is 5.82 Å². The van der Waals surface area contributed by atoms with E-state index in [0.717, 1.165) is 23.0 Å². The maximum atomic E-state index is 14.5. The Kier molecular flexibility index (Phi) is 6.21. The Bertz CT molecular complexity index is 1160. The summed E-state index contributed by atoms with van der Waals surface area (Å²) in [7, 11) is 0. The largest absolute Gasteiger partial charge is 0.441 e. The quantitative estimate of drug-likeness (QED) is 0.532. The number of carbonyl (C=O) groups is 1. The van der Waals surface area contributed by atoms with Gasteiger partial charge in [0.1, 0.15) is 5.82 Å². The summed E-state index contributed by atoms with van der Waals surface area (Å²) in [6, 6.07) is 5.15. The van der Waals surface area contributed by atoms with Crippen LogP contribution < -0.4 is 0 Å². The number of aliphatic hydroxyl groups excluding tert-OH is 1. The first-order chi connectivity index (χ1) is 15.6. The molecule has 4 rings (SSSR count). The zero-order chi connectivity index (χ0) is 23.9. The average molecular weight is 488 g/mol. The van der Waals surface area contributed by atoms with E-state index >= 15 is 0 Å². The summed E-state index contributed by atoms with van der Waals surface area (Å²) >= 11 is 6.13. The van der Waals surface area contributed by atoms with Crippen LogP contribution in [0.2, 0.25) is 5.02 Å². The van der Waals surface area contributed by atoms with Crippen LogP contribution in [-0.4, -0.2) is 51.0 Å². The number of aliphatic hydroxyl groups is 1. The molecule has 3 heterocycles. The van der Waals surface area contributed by atoms with Gasteiger partial charge in [-0.15, -0.1) is 0 Å². The van der Waals surface area contributed by atoms with Crippen LogP contribution in [0.3, 0.4) is 0 Å². The van der Waals surface area contributed by atoms with Gasteiger partial charge in [-0.1, -0.05) is 17.7 Å². The van der Waals surface area contributed by atoms with E-state index in [1.807, 2.05) is 0 Å². The molecular weight excluding hydrogens is 470 g/mol. The average Bonchev–Trinajstić information content (AvgIpc) is 3.28. The van der Waals surface area contributed by atoms with Crippen molar-refractivity contribution in [1.82, 2.24) is 14.3 Å². The Morgan fingerprint density at radius 3 is 2.70 bits per heavy atom. The van der Waals surface area contributed by atoms with Crippen LogP contribution in [0.5, 0.6) is 0 Å². The summed E-state index contributed by atoms with van der Waals surface area (Å²) in [5, 5.41) is 13.4. The Morgan fingerprint density at radius 1 is 1.39 bits per heavy atom. The fourth-order valence-corrected chi connectivity index (χ4v) is 3.75. The van der Waals surface area contributed by atoms with Crippen LogP contribution in [0.4, 0.5) is 22.4 Å². The lowest BCUT2D eigenvalue weighted by atomic mass is 10.1. The van der Waals surface area contributed by atoms with E-state index in [-0.39, 0.29) is 35.1 Å². The second kappa shape index (κ2) is 8.81. The first kappa shape index (κ1) is 23.3. The van der Waals surface area contributed by atoms with Crippen molar-refractivity contribution in [3.05, 3.63) is 53.2 Å². The summed E-state index contributed by atoms with van der Waals surface area (Å²) < 4.78 is 68.1. The molecule has 3 aromatic rings. The molecule has 0 spiro atoms. The van der Waals surface area contributed by atoms with Gasteiger partial charge in [-0.2, -0.15) is 18.3 Å². The SMILES string of the molecule is C[C@@H](O)Cn1ncc(-c2cc(-c3c(F)cccc3Cl)cn2C(=O)OC2COC2)c1C(F)(F)F. The van der Waals surface area contributed by atoms with Crippen LogP contribution in [-0.2, 0) is 22.2 Å². The number of aromatic nitrogens is 3. The van der Waals surface area contributed by atoms with Crippen LogP contribution in [0.1, 0.15) is 12.6 Å². The molecule has 1 saturated heterocycles. The molecule has 0 aliphatic carbocycles. The van der Waals surface area contributed by atoms with Gasteiger partial charge in [-0.25, -0.2) is 9.18 Å². The van der Waals surface area contributed by atoms with E-state index in [9.17, 15) is 27.5 Å². The Hall–Kier alpha value is -2.89. The van der Waals surface area contributed by atoms with E-state index < -0.39 is 48.1 Å². The lowest BCUT2D eigenvalue weighted by Gasteiger charge is -2.25. The van der Waals surface area contributed by atoms with Gasteiger partial charge in [0, 0.05) is 22.9 Å². The molecular formula is C21H18ClF4N3O4. The second-order valence-corrected chi connectivity index (χ2v) is 7.97. The molecule has 0 amide bonds. The summed E-state index contributed by atoms with van der Waals surface area (Å²) in [6.45, 7) is 1.22. The first-order valence-electron chi connectivity index (χ1n) is 9.83. The molecule has 1 atom stereocenters. The number of hydrogen-bond donors (Lipinski definition) is 1. The third kappa shape index (κ3) is 4.61. The minimum Gasteiger partial charge on any atom is -0.441 e. The molecule has 1 fully saturated rings. The number of carbonyl (C=O) groups excluding carboxylic acids is 1. The van der Waals surface area contributed by atoms with Crippen molar-refractivity contribution in [2.45, 2.75) is 31.9 Å². The highest BCUT2D eigenvalue weighted by Gasteiger charge is 2.40. The van der Waals surface area contributed by atoms with E-state index in [0.29, 0.717) is 4.68 Å². The Balaban J connectivity index is 1.89. The topological polar surface area (TPSA) is 78.5 Å². The third-order valence-electron chi connectivity index (χ3n) is 4.96. The number of rotatable bonds is 5. The normalized spacial score (nSPS) is 15.4. The van der Waals surface area contributed by atoms with Crippen molar-refractivity contribution in [3.8, 4) is 22.4 Å². The molecule has 12 heteroatoms. The van der Waals surface area contributed by atoms with Gasteiger partial charge in [0.15, 0.2) is 11.8 Å². The number of alkyl halides is 3. The smallest absolute Gasteiger partial charge is 0.433 e. The zero-order valence-electron chi connectivity index (χ0n) is 17.1. The molecule has 1 aliphatic heterocycles. The zero-order valence-corrected chi connectivity index (χ0v) is 17.9. The molecule has 2 aromatic heterocycles. The van der Waals surface area contributed by atoms with Crippen molar-refractivity contribution >= 4 is 17.7 Å². The predicted molar refractivity (Wildman–Crippen MR) is 109 cm³/mol. The number of nitrogens with zero attached hydrogens (tertiary/aromatic N) is 3. The van der Waals surface area contributed by atoms with Gasteiger partial charge in [0.25, 0.3) is 0 Å². The van der Waals surface area contributed by atoms with Gasteiger partial charge in [0.2, 0.25) is 0 Å². The van der Waals surface area contributed by atoms with Crippen molar-refractivity contribution in [2.24, 2.45) is 0 Å². The summed E-state index contributed by atoms with van der Waals surface area (Å²) in [6.07, 6.45) is -5.39. The van der Waals surface area contributed by atoms with Crippen molar-refractivity contribution in [3.63, 3.8) is 0 Å². The van der Waals surface area contributed by atoms with Crippen LogP contribution in [0.25, 0.3) is 22.4 Å². The maximum Gasteiger partial charge on any atom is 0.433 e. The fraction of sp³-hybridized carbons (Fsp3) is 0.333.